The van der Waals surface area contributed by atoms with Crippen LogP contribution in [0, 0.1) is 12.3 Å². The molecule has 110 valence electrons. The maximum absolute atomic E-state index is 12.0. The van der Waals surface area contributed by atoms with Gasteiger partial charge in [0.2, 0.25) is 0 Å². The molecule has 0 saturated carbocycles. The quantitative estimate of drug-likeness (QED) is 0.900. The van der Waals surface area contributed by atoms with Gasteiger partial charge in [-0.3, -0.25) is 4.79 Å². The van der Waals surface area contributed by atoms with Gasteiger partial charge in [0.1, 0.15) is 0 Å². The zero-order valence-electron chi connectivity index (χ0n) is 11.8. The van der Waals surface area contributed by atoms with Crippen molar-refractivity contribution in [1.82, 2.24) is 10.2 Å². The third-order valence-electron chi connectivity index (χ3n) is 3.88. The minimum atomic E-state index is -0.772. The Labute approximate surface area is 122 Å². The lowest BCUT2D eigenvalue weighted by Crippen LogP contribution is -2.48. The predicted octanol–water partition coefficient (Wildman–Crippen LogP) is 2.45. The molecular formula is C14H20N2O3S. The number of carboxylic acid groups (broad SMARTS) is 1. The molecular weight excluding hydrogens is 276 g/mol. The van der Waals surface area contributed by atoms with Gasteiger partial charge in [-0.1, -0.05) is 0 Å². The van der Waals surface area contributed by atoms with E-state index in [9.17, 15) is 9.59 Å². The summed E-state index contributed by atoms with van der Waals surface area (Å²) in [5.41, 5.74) is -0.693. The number of carbonyl (C=O) groups excluding carboxylic acids is 1. The number of urea groups is 1. The Balaban J connectivity index is 1.81. The van der Waals surface area contributed by atoms with E-state index >= 15 is 0 Å². The van der Waals surface area contributed by atoms with Gasteiger partial charge in [-0.15, -0.1) is 11.3 Å². The van der Waals surface area contributed by atoms with Crippen molar-refractivity contribution in [3.05, 3.63) is 21.9 Å². The van der Waals surface area contributed by atoms with E-state index in [0.29, 0.717) is 32.5 Å². The summed E-state index contributed by atoms with van der Waals surface area (Å²) in [4.78, 5) is 27.2. The Hall–Kier alpha value is -1.56. The molecule has 0 aromatic carbocycles. The van der Waals surface area contributed by atoms with Gasteiger partial charge in [-0.25, -0.2) is 4.79 Å². The highest BCUT2D eigenvalue weighted by molar-refractivity contribution is 7.11. The molecule has 2 amide bonds. The average Bonchev–Trinajstić information content (AvgIpc) is 2.82. The Kier molecular flexibility index (Phi) is 4.32. The van der Waals surface area contributed by atoms with Crippen molar-refractivity contribution < 1.29 is 14.7 Å². The molecule has 1 saturated heterocycles. The van der Waals surface area contributed by atoms with Gasteiger partial charge in [0.25, 0.3) is 0 Å². The topological polar surface area (TPSA) is 69.6 Å². The summed E-state index contributed by atoms with van der Waals surface area (Å²) in [6, 6.07) is 3.94. The molecule has 1 aromatic heterocycles. The van der Waals surface area contributed by atoms with Crippen LogP contribution in [0.5, 0.6) is 0 Å². The fraction of sp³-hybridized carbons (Fsp3) is 0.571. The lowest BCUT2D eigenvalue weighted by atomic mass is 9.80. The molecule has 0 radical (unpaired) electrons. The van der Waals surface area contributed by atoms with Crippen LogP contribution >= 0.6 is 11.3 Å². The molecule has 0 bridgehead atoms. The molecule has 0 aliphatic carbocycles. The molecule has 5 nitrogen and oxygen atoms in total. The van der Waals surface area contributed by atoms with Crippen LogP contribution in [0.15, 0.2) is 12.1 Å². The van der Waals surface area contributed by atoms with Gasteiger partial charge in [0.05, 0.1) is 12.0 Å². The van der Waals surface area contributed by atoms with Crippen molar-refractivity contribution >= 4 is 23.3 Å². The molecule has 1 fully saturated rings. The number of amides is 2. The first-order chi connectivity index (χ1) is 9.40. The predicted molar refractivity (Wildman–Crippen MR) is 77.8 cm³/mol. The van der Waals surface area contributed by atoms with Crippen LogP contribution in [0.2, 0.25) is 0 Å². The largest absolute Gasteiger partial charge is 0.481 e. The molecule has 2 rings (SSSR count). The molecule has 0 spiro atoms. The van der Waals surface area contributed by atoms with E-state index in [1.165, 1.54) is 4.88 Å². The SMILES string of the molecule is Cc1ccc(CNC(=O)N2CCC(C)(C(=O)O)CC2)s1. The van der Waals surface area contributed by atoms with Gasteiger partial charge in [0.15, 0.2) is 0 Å². The number of carbonyl (C=O) groups is 2. The Morgan fingerprint density at radius 1 is 1.40 bits per heavy atom. The number of nitrogens with one attached hydrogen (secondary N) is 1. The van der Waals surface area contributed by atoms with Gasteiger partial charge in [-0.05, 0) is 38.8 Å². The summed E-state index contributed by atoms with van der Waals surface area (Å²) in [6.07, 6.45) is 1.02. The number of rotatable bonds is 3. The van der Waals surface area contributed by atoms with Gasteiger partial charge < -0.3 is 15.3 Å². The van der Waals surface area contributed by atoms with Crippen molar-refractivity contribution in [3.63, 3.8) is 0 Å². The smallest absolute Gasteiger partial charge is 0.317 e. The molecule has 1 aliphatic rings. The van der Waals surface area contributed by atoms with Crippen LogP contribution in [0.3, 0.4) is 0 Å². The zero-order valence-corrected chi connectivity index (χ0v) is 12.6. The highest BCUT2D eigenvalue weighted by atomic mass is 32.1. The number of aliphatic carboxylic acids is 1. The normalized spacial score (nSPS) is 17.8. The number of carboxylic acids is 1. The van der Waals surface area contributed by atoms with Crippen molar-refractivity contribution in [2.24, 2.45) is 5.41 Å². The molecule has 2 N–H and O–H groups in total. The summed E-state index contributed by atoms with van der Waals surface area (Å²) in [7, 11) is 0. The standard InChI is InChI=1S/C14H20N2O3S/c1-10-3-4-11(20-10)9-15-13(19)16-7-5-14(2,6-8-16)12(17)18/h3-4H,5-9H2,1-2H3,(H,15,19)(H,17,18). The number of piperidine rings is 1. The number of thiophene rings is 1. The number of nitrogens with zero attached hydrogens (tertiary/aromatic N) is 1. The molecule has 20 heavy (non-hydrogen) atoms. The minimum Gasteiger partial charge on any atom is -0.481 e. The van der Waals surface area contributed by atoms with E-state index in [-0.39, 0.29) is 6.03 Å². The lowest BCUT2D eigenvalue weighted by Gasteiger charge is -2.36. The second-order valence-corrected chi connectivity index (χ2v) is 6.90. The maximum atomic E-state index is 12.0. The first kappa shape index (κ1) is 14.8. The van der Waals surface area contributed by atoms with Crippen LogP contribution in [0.4, 0.5) is 4.79 Å². The number of hydrogen-bond acceptors (Lipinski definition) is 3. The molecule has 6 heteroatoms. The fourth-order valence-electron chi connectivity index (χ4n) is 2.27. The van der Waals surface area contributed by atoms with E-state index in [0.717, 1.165) is 4.88 Å². The Morgan fingerprint density at radius 3 is 2.55 bits per heavy atom. The van der Waals surface area contributed by atoms with Gasteiger partial charge in [0, 0.05) is 22.8 Å². The number of likely N-dealkylation sites (tertiary alicyclic amines) is 1. The summed E-state index contributed by atoms with van der Waals surface area (Å²) >= 11 is 1.67. The van der Waals surface area contributed by atoms with Crippen molar-refractivity contribution in [3.8, 4) is 0 Å². The lowest BCUT2D eigenvalue weighted by molar-refractivity contribution is -0.150. The van der Waals surface area contributed by atoms with Crippen molar-refractivity contribution in [2.75, 3.05) is 13.1 Å². The fourth-order valence-corrected chi connectivity index (χ4v) is 3.10. The molecule has 2 heterocycles. The first-order valence-corrected chi connectivity index (χ1v) is 7.54. The summed E-state index contributed by atoms with van der Waals surface area (Å²) < 4.78 is 0. The second-order valence-electron chi connectivity index (χ2n) is 5.52. The number of hydrogen-bond donors (Lipinski definition) is 2. The molecule has 0 unspecified atom stereocenters. The van der Waals surface area contributed by atoms with Crippen LogP contribution in [0.1, 0.15) is 29.5 Å². The van der Waals surface area contributed by atoms with E-state index in [1.54, 1.807) is 23.2 Å². The Morgan fingerprint density at radius 2 is 2.05 bits per heavy atom. The molecule has 0 atom stereocenters. The first-order valence-electron chi connectivity index (χ1n) is 6.72. The van der Waals surface area contributed by atoms with Gasteiger partial charge in [-0.2, -0.15) is 0 Å². The van der Waals surface area contributed by atoms with Crippen LogP contribution < -0.4 is 5.32 Å². The minimum absolute atomic E-state index is 0.108. The summed E-state index contributed by atoms with van der Waals surface area (Å²) in [5.74, 6) is -0.772. The van der Waals surface area contributed by atoms with Crippen molar-refractivity contribution in [1.29, 1.82) is 0 Å². The third-order valence-corrected chi connectivity index (χ3v) is 4.88. The van der Waals surface area contributed by atoms with E-state index in [1.807, 2.05) is 19.1 Å². The van der Waals surface area contributed by atoms with Crippen molar-refractivity contribution in [2.45, 2.75) is 33.2 Å². The zero-order chi connectivity index (χ0) is 14.8. The summed E-state index contributed by atoms with van der Waals surface area (Å²) in [5, 5.41) is 12.0. The average molecular weight is 296 g/mol. The highest BCUT2D eigenvalue weighted by Gasteiger charge is 2.37. The molecule has 1 aliphatic heterocycles. The number of aryl methyl sites for hydroxylation is 1. The van der Waals surface area contributed by atoms with E-state index < -0.39 is 11.4 Å². The van der Waals surface area contributed by atoms with Gasteiger partial charge >= 0.3 is 12.0 Å². The van der Waals surface area contributed by atoms with Crippen LogP contribution in [-0.4, -0.2) is 35.1 Å². The Bertz CT molecular complexity index is 504. The highest BCUT2D eigenvalue weighted by Crippen LogP contribution is 2.31. The summed E-state index contributed by atoms with van der Waals surface area (Å²) in [6.45, 7) is 5.31. The monoisotopic (exact) mass is 296 g/mol. The third kappa shape index (κ3) is 3.30. The van der Waals surface area contributed by atoms with Crippen LogP contribution in [0.25, 0.3) is 0 Å². The maximum Gasteiger partial charge on any atom is 0.317 e. The van der Waals surface area contributed by atoms with Crippen LogP contribution in [-0.2, 0) is 11.3 Å². The second kappa shape index (κ2) is 5.83. The molecule has 1 aromatic rings. The van der Waals surface area contributed by atoms with E-state index in [2.05, 4.69) is 5.32 Å². The van der Waals surface area contributed by atoms with E-state index in [4.69, 9.17) is 5.11 Å².